The number of fused-ring (bicyclic) bond motifs is 1. The molecule has 0 aliphatic carbocycles. The minimum atomic E-state index is -0.436. The maximum absolute atomic E-state index is 11.5. The van der Waals surface area contributed by atoms with Gasteiger partial charge in [0.2, 0.25) is 5.91 Å². The normalized spacial score (nSPS) is 10.7. The van der Waals surface area contributed by atoms with Crippen molar-refractivity contribution in [3.8, 4) is 11.3 Å². The second kappa shape index (κ2) is 4.90. The van der Waals surface area contributed by atoms with Gasteiger partial charge in [0.15, 0.2) is 0 Å². The van der Waals surface area contributed by atoms with Crippen LogP contribution in [0.2, 0.25) is 0 Å². The van der Waals surface area contributed by atoms with Crippen molar-refractivity contribution in [3.05, 3.63) is 59.7 Å². The van der Waals surface area contributed by atoms with Crippen LogP contribution in [0.15, 0.2) is 48.5 Å². The quantitative estimate of drug-likeness (QED) is 0.706. The second-order valence-corrected chi connectivity index (χ2v) is 4.96. The maximum Gasteiger partial charge on any atom is 0.248 e. The highest BCUT2D eigenvalue weighted by atomic mass is 16.1. The second-order valence-electron chi connectivity index (χ2n) is 4.96. The first-order chi connectivity index (χ1) is 10.1. The molecule has 0 atom stereocenters. The number of hydrogen-bond donors (Lipinski definition) is 2. The predicted octanol–water partition coefficient (Wildman–Crippen LogP) is 2.89. The number of carbonyl (C=O) groups is 1. The van der Waals surface area contributed by atoms with Gasteiger partial charge in [-0.2, -0.15) is 0 Å². The van der Waals surface area contributed by atoms with Crippen LogP contribution in [0.25, 0.3) is 22.2 Å². The van der Waals surface area contributed by atoms with E-state index >= 15 is 0 Å². The van der Waals surface area contributed by atoms with Crippen LogP contribution in [0.5, 0.6) is 0 Å². The molecule has 0 fully saturated rings. The van der Waals surface area contributed by atoms with Crippen molar-refractivity contribution in [2.24, 2.45) is 5.73 Å². The van der Waals surface area contributed by atoms with E-state index in [4.69, 9.17) is 11.5 Å². The van der Waals surface area contributed by atoms with E-state index in [1.54, 1.807) is 6.07 Å². The van der Waals surface area contributed by atoms with Gasteiger partial charge in [-0.05, 0) is 30.7 Å². The largest absolute Gasteiger partial charge is 0.397 e. The first kappa shape index (κ1) is 13.1. The molecular formula is C17H15N3O. The molecule has 21 heavy (non-hydrogen) atoms. The molecule has 0 saturated carbocycles. The number of anilines is 1. The van der Waals surface area contributed by atoms with Crippen molar-refractivity contribution < 1.29 is 4.79 Å². The third-order valence-corrected chi connectivity index (χ3v) is 3.63. The van der Waals surface area contributed by atoms with Gasteiger partial charge in [0.1, 0.15) is 0 Å². The van der Waals surface area contributed by atoms with E-state index < -0.39 is 5.91 Å². The number of aromatic nitrogens is 1. The number of nitrogens with zero attached hydrogens (tertiary/aromatic N) is 1. The van der Waals surface area contributed by atoms with Crippen molar-refractivity contribution in [2.75, 3.05) is 5.73 Å². The summed E-state index contributed by atoms with van der Waals surface area (Å²) in [4.78, 5) is 16.1. The van der Waals surface area contributed by atoms with Gasteiger partial charge in [-0.15, -0.1) is 0 Å². The number of primary amides is 1. The summed E-state index contributed by atoms with van der Waals surface area (Å²) in [5.41, 5.74) is 15.8. The fourth-order valence-electron chi connectivity index (χ4n) is 2.50. The van der Waals surface area contributed by atoms with Crippen LogP contribution < -0.4 is 11.5 Å². The van der Waals surface area contributed by atoms with Crippen LogP contribution in [0.3, 0.4) is 0 Å². The van der Waals surface area contributed by atoms with Gasteiger partial charge in [0.05, 0.1) is 16.9 Å². The Morgan fingerprint density at radius 2 is 1.81 bits per heavy atom. The lowest BCUT2D eigenvalue weighted by Crippen LogP contribution is -2.13. The molecule has 0 unspecified atom stereocenters. The van der Waals surface area contributed by atoms with Gasteiger partial charge in [0, 0.05) is 16.5 Å². The third-order valence-electron chi connectivity index (χ3n) is 3.63. The van der Waals surface area contributed by atoms with Crippen molar-refractivity contribution in [3.63, 3.8) is 0 Å². The SMILES string of the molecule is Cc1c(C(N)=O)cccc1-c1ccc2cccc(N)c2n1. The Hall–Kier alpha value is -2.88. The summed E-state index contributed by atoms with van der Waals surface area (Å²) in [6.45, 7) is 1.87. The number of nitrogen functional groups attached to an aromatic ring is 1. The lowest BCUT2D eigenvalue weighted by molar-refractivity contribution is 0.1000. The fraction of sp³-hybridized carbons (Fsp3) is 0.0588. The molecule has 3 rings (SSSR count). The van der Waals surface area contributed by atoms with Gasteiger partial charge >= 0.3 is 0 Å². The molecule has 1 aromatic heterocycles. The first-order valence-electron chi connectivity index (χ1n) is 6.63. The van der Waals surface area contributed by atoms with E-state index in [0.29, 0.717) is 11.3 Å². The van der Waals surface area contributed by atoms with E-state index in [-0.39, 0.29) is 0 Å². The summed E-state index contributed by atoms with van der Waals surface area (Å²) in [5.74, 6) is -0.436. The third kappa shape index (κ3) is 2.21. The van der Waals surface area contributed by atoms with Crippen LogP contribution >= 0.6 is 0 Å². The Labute approximate surface area is 122 Å². The van der Waals surface area contributed by atoms with Gasteiger partial charge in [-0.1, -0.05) is 30.3 Å². The van der Waals surface area contributed by atoms with E-state index in [1.165, 1.54) is 0 Å². The summed E-state index contributed by atoms with van der Waals surface area (Å²) in [7, 11) is 0. The van der Waals surface area contributed by atoms with E-state index in [0.717, 1.165) is 27.7 Å². The van der Waals surface area contributed by atoms with Gasteiger partial charge in [-0.3, -0.25) is 4.79 Å². The Kier molecular flexibility index (Phi) is 3.06. The Bertz CT molecular complexity index is 856. The summed E-state index contributed by atoms with van der Waals surface area (Å²) in [6, 6.07) is 15.0. The zero-order valence-corrected chi connectivity index (χ0v) is 11.6. The summed E-state index contributed by atoms with van der Waals surface area (Å²) < 4.78 is 0. The molecule has 4 heteroatoms. The average molecular weight is 277 g/mol. The molecule has 0 aliphatic heterocycles. The van der Waals surface area contributed by atoms with Gasteiger partial charge in [-0.25, -0.2) is 4.98 Å². The number of carbonyl (C=O) groups excluding carboxylic acids is 1. The number of hydrogen-bond acceptors (Lipinski definition) is 3. The fourth-order valence-corrected chi connectivity index (χ4v) is 2.50. The van der Waals surface area contributed by atoms with E-state index in [1.807, 2.05) is 49.4 Å². The van der Waals surface area contributed by atoms with Crippen molar-refractivity contribution in [2.45, 2.75) is 6.92 Å². The maximum atomic E-state index is 11.5. The van der Waals surface area contributed by atoms with E-state index in [9.17, 15) is 4.79 Å². The molecule has 1 heterocycles. The lowest BCUT2D eigenvalue weighted by Gasteiger charge is -2.10. The van der Waals surface area contributed by atoms with Crippen molar-refractivity contribution in [1.29, 1.82) is 0 Å². The van der Waals surface area contributed by atoms with Crippen molar-refractivity contribution in [1.82, 2.24) is 4.98 Å². The molecule has 4 nitrogen and oxygen atoms in total. The molecule has 104 valence electrons. The molecule has 0 bridgehead atoms. The Morgan fingerprint density at radius 1 is 1.05 bits per heavy atom. The molecule has 2 aromatic carbocycles. The lowest BCUT2D eigenvalue weighted by atomic mass is 9.99. The molecule has 0 radical (unpaired) electrons. The first-order valence-corrected chi connectivity index (χ1v) is 6.63. The molecule has 3 aromatic rings. The standard InChI is InChI=1S/C17H15N3O/c1-10-12(5-3-6-13(10)17(19)21)15-9-8-11-4-2-7-14(18)16(11)20-15/h2-9H,18H2,1H3,(H2,19,21). The highest BCUT2D eigenvalue weighted by Gasteiger charge is 2.11. The summed E-state index contributed by atoms with van der Waals surface area (Å²) in [6.07, 6.45) is 0. The van der Waals surface area contributed by atoms with Crippen LogP contribution in [-0.4, -0.2) is 10.9 Å². The number of para-hydroxylation sites is 1. The number of nitrogens with two attached hydrogens (primary N) is 2. The zero-order chi connectivity index (χ0) is 15.0. The zero-order valence-electron chi connectivity index (χ0n) is 11.6. The molecule has 0 saturated heterocycles. The number of amides is 1. The topological polar surface area (TPSA) is 82.0 Å². The van der Waals surface area contributed by atoms with E-state index in [2.05, 4.69) is 4.98 Å². The highest BCUT2D eigenvalue weighted by molar-refractivity contribution is 5.96. The Morgan fingerprint density at radius 3 is 2.57 bits per heavy atom. The van der Waals surface area contributed by atoms with Gasteiger partial charge < -0.3 is 11.5 Å². The Balaban J connectivity index is 2.24. The van der Waals surface area contributed by atoms with Gasteiger partial charge in [0.25, 0.3) is 0 Å². The minimum Gasteiger partial charge on any atom is -0.397 e. The van der Waals surface area contributed by atoms with Crippen LogP contribution in [0.4, 0.5) is 5.69 Å². The number of benzene rings is 2. The molecular weight excluding hydrogens is 262 g/mol. The monoisotopic (exact) mass is 277 g/mol. The average Bonchev–Trinajstić information content (AvgIpc) is 2.47. The minimum absolute atomic E-state index is 0.436. The molecule has 1 amide bonds. The molecule has 0 spiro atoms. The summed E-state index contributed by atoms with van der Waals surface area (Å²) >= 11 is 0. The number of rotatable bonds is 2. The number of pyridine rings is 1. The van der Waals surface area contributed by atoms with Crippen LogP contribution in [-0.2, 0) is 0 Å². The van der Waals surface area contributed by atoms with Crippen LogP contribution in [0.1, 0.15) is 15.9 Å². The smallest absolute Gasteiger partial charge is 0.248 e. The predicted molar refractivity (Wildman–Crippen MR) is 84.8 cm³/mol. The highest BCUT2D eigenvalue weighted by Crippen LogP contribution is 2.27. The summed E-state index contributed by atoms with van der Waals surface area (Å²) in [5, 5.41) is 0.988. The van der Waals surface area contributed by atoms with Crippen LogP contribution in [0, 0.1) is 6.92 Å². The molecule has 0 aliphatic rings. The van der Waals surface area contributed by atoms with Crippen molar-refractivity contribution >= 4 is 22.5 Å². The molecule has 4 N–H and O–H groups in total.